The minimum Gasteiger partial charge on any atom is -0.465 e. The zero-order chi connectivity index (χ0) is 13.8. The standard InChI is InChI=1S/C11H14N2O4S2/c1-2-17-9(15)6-19-7-5-8(14)13(10(7)16)11-12-3-4-18-11/h7H,2-6H2,1H3. The fourth-order valence-corrected chi connectivity index (χ4v) is 3.56. The molecule has 0 aromatic carbocycles. The Bertz CT molecular complexity index is 438. The predicted molar refractivity (Wildman–Crippen MR) is 74.1 cm³/mol. The Kier molecular flexibility index (Phi) is 4.87. The van der Waals surface area contributed by atoms with Crippen LogP contribution in [-0.4, -0.2) is 57.8 Å². The average Bonchev–Trinajstić information content (AvgIpc) is 2.96. The average molecular weight is 302 g/mol. The van der Waals surface area contributed by atoms with E-state index in [1.807, 2.05) is 0 Å². The van der Waals surface area contributed by atoms with Gasteiger partial charge in [0.05, 0.1) is 24.2 Å². The van der Waals surface area contributed by atoms with E-state index in [2.05, 4.69) is 4.99 Å². The van der Waals surface area contributed by atoms with Gasteiger partial charge in [-0.15, -0.1) is 11.8 Å². The summed E-state index contributed by atoms with van der Waals surface area (Å²) < 4.78 is 4.79. The van der Waals surface area contributed by atoms with Gasteiger partial charge in [-0.05, 0) is 6.92 Å². The molecule has 19 heavy (non-hydrogen) atoms. The number of carbonyl (C=O) groups excluding carboxylic acids is 3. The van der Waals surface area contributed by atoms with Gasteiger partial charge in [0, 0.05) is 12.2 Å². The molecule has 0 N–H and O–H groups in total. The Morgan fingerprint density at radius 3 is 3.00 bits per heavy atom. The van der Waals surface area contributed by atoms with Gasteiger partial charge < -0.3 is 4.74 Å². The van der Waals surface area contributed by atoms with Crippen molar-refractivity contribution in [3.05, 3.63) is 0 Å². The summed E-state index contributed by atoms with van der Waals surface area (Å²) in [5, 5.41) is -0.00459. The van der Waals surface area contributed by atoms with E-state index in [4.69, 9.17) is 4.74 Å². The quantitative estimate of drug-likeness (QED) is 0.556. The maximum atomic E-state index is 12.1. The monoisotopic (exact) mass is 302 g/mol. The zero-order valence-electron chi connectivity index (χ0n) is 10.5. The van der Waals surface area contributed by atoms with E-state index in [0.717, 1.165) is 22.4 Å². The van der Waals surface area contributed by atoms with Crippen LogP contribution in [0.2, 0.25) is 0 Å². The summed E-state index contributed by atoms with van der Waals surface area (Å²) in [7, 11) is 0. The number of likely N-dealkylation sites (tertiary alicyclic amines) is 1. The molecule has 2 aliphatic rings. The summed E-state index contributed by atoms with van der Waals surface area (Å²) in [4.78, 5) is 40.5. The number of rotatable bonds is 4. The van der Waals surface area contributed by atoms with E-state index in [9.17, 15) is 14.4 Å². The lowest BCUT2D eigenvalue weighted by molar-refractivity contribution is -0.140. The molecular formula is C11H14N2O4S2. The van der Waals surface area contributed by atoms with Gasteiger partial charge in [-0.25, -0.2) is 4.90 Å². The van der Waals surface area contributed by atoms with Gasteiger partial charge in [0.15, 0.2) is 5.17 Å². The van der Waals surface area contributed by atoms with Crippen LogP contribution in [0.15, 0.2) is 4.99 Å². The molecule has 1 saturated heterocycles. The van der Waals surface area contributed by atoms with Gasteiger partial charge in [0.2, 0.25) is 11.8 Å². The fraction of sp³-hybridized carbons (Fsp3) is 0.636. The third-order valence-corrected chi connectivity index (χ3v) is 4.70. The van der Waals surface area contributed by atoms with Crippen molar-refractivity contribution in [1.29, 1.82) is 0 Å². The molecule has 1 atom stereocenters. The van der Waals surface area contributed by atoms with E-state index in [1.165, 1.54) is 11.8 Å². The van der Waals surface area contributed by atoms with E-state index in [1.54, 1.807) is 6.92 Å². The van der Waals surface area contributed by atoms with Gasteiger partial charge in [-0.1, -0.05) is 11.8 Å². The van der Waals surface area contributed by atoms with Crippen LogP contribution in [0.1, 0.15) is 13.3 Å². The van der Waals surface area contributed by atoms with Gasteiger partial charge in [-0.3, -0.25) is 19.4 Å². The zero-order valence-corrected chi connectivity index (χ0v) is 12.1. The number of amidine groups is 1. The fourth-order valence-electron chi connectivity index (χ4n) is 1.77. The molecule has 2 amide bonds. The van der Waals surface area contributed by atoms with Crippen LogP contribution in [0.5, 0.6) is 0 Å². The Balaban J connectivity index is 1.92. The van der Waals surface area contributed by atoms with E-state index < -0.39 is 5.25 Å². The van der Waals surface area contributed by atoms with Crippen LogP contribution in [0.4, 0.5) is 0 Å². The van der Waals surface area contributed by atoms with Gasteiger partial charge >= 0.3 is 5.97 Å². The summed E-state index contributed by atoms with van der Waals surface area (Å²) in [5.41, 5.74) is 0. The van der Waals surface area contributed by atoms with Crippen LogP contribution in [0.3, 0.4) is 0 Å². The van der Waals surface area contributed by atoms with Crippen molar-refractivity contribution in [3.63, 3.8) is 0 Å². The minimum absolute atomic E-state index is 0.0883. The topological polar surface area (TPSA) is 76.0 Å². The van der Waals surface area contributed by atoms with Crippen molar-refractivity contribution in [2.24, 2.45) is 4.99 Å². The number of hydrogen-bond donors (Lipinski definition) is 0. The molecule has 1 unspecified atom stereocenters. The van der Waals surface area contributed by atoms with Crippen molar-refractivity contribution in [2.45, 2.75) is 18.6 Å². The molecule has 2 rings (SSSR count). The summed E-state index contributed by atoms with van der Waals surface area (Å²) in [5.74, 6) is 0.0172. The van der Waals surface area contributed by atoms with Crippen molar-refractivity contribution < 1.29 is 19.1 Å². The lowest BCUT2D eigenvalue weighted by Gasteiger charge is -2.13. The predicted octanol–water partition coefficient (Wildman–Crippen LogP) is 0.513. The highest BCUT2D eigenvalue weighted by molar-refractivity contribution is 8.14. The molecule has 0 aromatic rings. The SMILES string of the molecule is CCOC(=O)CSC1CC(=O)N(C2=NCCS2)C1=O. The number of esters is 1. The molecular weight excluding hydrogens is 288 g/mol. The van der Waals surface area contributed by atoms with Gasteiger partial charge in [0.1, 0.15) is 0 Å². The van der Waals surface area contributed by atoms with E-state index in [-0.39, 0.29) is 30.0 Å². The smallest absolute Gasteiger partial charge is 0.315 e. The van der Waals surface area contributed by atoms with E-state index >= 15 is 0 Å². The number of ether oxygens (including phenoxy) is 1. The first-order valence-corrected chi connectivity index (χ1v) is 7.98. The highest BCUT2D eigenvalue weighted by atomic mass is 32.2. The number of thioether (sulfide) groups is 2. The second kappa shape index (κ2) is 6.42. The van der Waals surface area contributed by atoms with Crippen molar-refractivity contribution in [2.75, 3.05) is 24.7 Å². The molecule has 0 saturated carbocycles. The first-order chi connectivity index (χ1) is 9.13. The number of nitrogens with zero attached hydrogens (tertiary/aromatic N) is 2. The largest absolute Gasteiger partial charge is 0.465 e. The summed E-state index contributed by atoms with van der Waals surface area (Å²) in [6.45, 7) is 2.68. The Hall–Kier alpha value is -1.02. The van der Waals surface area contributed by atoms with Crippen LogP contribution in [-0.2, 0) is 19.1 Å². The van der Waals surface area contributed by atoms with Crippen molar-refractivity contribution in [3.8, 4) is 0 Å². The first kappa shape index (κ1) is 14.4. The summed E-state index contributed by atoms with van der Waals surface area (Å²) >= 11 is 2.57. The minimum atomic E-state index is -0.499. The third kappa shape index (κ3) is 3.30. The van der Waals surface area contributed by atoms with Crippen LogP contribution in [0.25, 0.3) is 0 Å². The van der Waals surface area contributed by atoms with Crippen LogP contribution in [0, 0.1) is 0 Å². The molecule has 6 nitrogen and oxygen atoms in total. The van der Waals surface area contributed by atoms with Crippen LogP contribution < -0.4 is 0 Å². The number of hydrogen-bond acceptors (Lipinski definition) is 7. The molecule has 0 radical (unpaired) electrons. The number of amides is 2. The highest BCUT2D eigenvalue weighted by Crippen LogP contribution is 2.29. The molecule has 0 spiro atoms. The van der Waals surface area contributed by atoms with Crippen LogP contribution >= 0.6 is 23.5 Å². The lowest BCUT2D eigenvalue weighted by atomic mass is 10.4. The van der Waals surface area contributed by atoms with Gasteiger partial charge in [-0.2, -0.15) is 0 Å². The third-order valence-electron chi connectivity index (χ3n) is 2.57. The normalized spacial score (nSPS) is 22.9. The maximum Gasteiger partial charge on any atom is 0.315 e. The number of aliphatic imine (C=N–C) groups is 1. The molecule has 1 fully saturated rings. The molecule has 104 valence electrons. The lowest BCUT2D eigenvalue weighted by Crippen LogP contribution is -2.35. The molecule has 0 bridgehead atoms. The highest BCUT2D eigenvalue weighted by Gasteiger charge is 2.42. The molecule has 0 aromatic heterocycles. The first-order valence-electron chi connectivity index (χ1n) is 5.94. The molecule has 8 heteroatoms. The van der Waals surface area contributed by atoms with Gasteiger partial charge in [0.25, 0.3) is 0 Å². The molecule has 2 aliphatic heterocycles. The summed E-state index contributed by atoms with van der Waals surface area (Å²) in [6.07, 6.45) is 0.127. The number of imide groups is 1. The van der Waals surface area contributed by atoms with E-state index in [0.29, 0.717) is 18.3 Å². The second-order valence-electron chi connectivity index (χ2n) is 3.89. The molecule has 0 aliphatic carbocycles. The maximum absolute atomic E-state index is 12.1. The Morgan fingerprint density at radius 1 is 1.58 bits per heavy atom. The Morgan fingerprint density at radius 2 is 2.37 bits per heavy atom. The Labute approximate surface area is 119 Å². The van der Waals surface area contributed by atoms with Crippen molar-refractivity contribution >= 4 is 46.5 Å². The molecule has 2 heterocycles. The number of carbonyl (C=O) groups is 3. The summed E-state index contributed by atoms with van der Waals surface area (Å²) in [6, 6.07) is 0. The second-order valence-corrected chi connectivity index (χ2v) is 6.14. The van der Waals surface area contributed by atoms with Crippen molar-refractivity contribution in [1.82, 2.24) is 4.90 Å².